The average Bonchev–Trinajstić information content (AvgIpc) is 2.11. The molecule has 0 fully saturated rings. The van der Waals surface area contributed by atoms with Crippen molar-refractivity contribution in [2.45, 2.75) is 26.0 Å². The van der Waals surface area contributed by atoms with Gasteiger partial charge in [-0.05, 0) is 13.8 Å². The first-order valence-electron chi connectivity index (χ1n) is 4.30. The summed E-state index contributed by atoms with van der Waals surface area (Å²) in [7, 11) is 1.42. The van der Waals surface area contributed by atoms with E-state index < -0.39 is 24.6 Å². The van der Waals surface area contributed by atoms with Crippen molar-refractivity contribution in [1.29, 1.82) is 0 Å². The predicted octanol–water partition coefficient (Wildman–Crippen LogP) is -0.772. The van der Waals surface area contributed by atoms with Gasteiger partial charge in [0, 0.05) is 7.05 Å². The second-order valence-corrected chi connectivity index (χ2v) is 2.95. The maximum Gasteiger partial charge on any atom is 0.408 e. The average molecular weight is 204 g/mol. The number of carbonyl (C=O) groups excluding carboxylic acids is 2. The van der Waals surface area contributed by atoms with Crippen LogP contribution in [0.25, 0.3) is 0 Å². The highest BCUT2D eigenvalue weighted by molar-refractivity contribution is 5.85. The van der Waals surface area contributed by atoms with E-state index in [-0.39, 0.29) is 6.10 Å². The number of rotatable bonds is 4. The molecule has 2 amide bonds. The van der Waals surface area contributed by atoms with Crippen LogP contribution in [0.5, 0.6) is 0 Å². The number of aliphatic hydroxyl groups is 1. The number of nitrogens with one attached hydrogen (secondary N) is 2. The summed E-state index contributed by atoms with van der Waals surface area (Å²) >= 11 is 0. The van der Waals surface area contributed by atoms with Crippen molar-refractivity contribution in [2.24, 2.45) is 0 Å². The Kier molecular flexibility index (Phi) is 5.62. The van der Waals surface area contributed by atoms with Gasteiger partial charge in [-0.2, -0.15) is 0 Å². The van der Waals surface area contributed by atoms with Crippen molar-refractivity contribution in [3.63, 3.8) is 0 Å². The van der Waals surface area contributed by atoms with Crippen LogP contribution in [0.1, 0.15) is 13.8 Å². The number of likely N-dealkylation sites (N-methyl/N-ethyl adjacent to an activating group) is 1. The number of hydrogen-bond donors (Lipinski definition) is 3. The van der Waals surface area contributed by atoms with E-state index in [1.165, 1.54) is 7.05 Å². The maximum absolute atomic E-state index is 11.0. The van der Waals surface area contributed by atoms with E-state index in [9.17, 15) is 9.59 Å². The summed E-state index contributed by atoms with van der Waals surface area (Å²) < 4.78 is 4.74. The molecule has 0 aliphatic rings. The fraction of sp³-hybridized carbons (Fsp3) is 0.750. The normalized spacial score (nSPS) is 12.1. The van der Waals surface area contributed by atoms with E-state index in [2.05, 4.69) is 10.6 Å². The maximum atomic E-state index is 11.0. The highest BCUT2D eigenvalue weighted by Gasteiger charge is 2.19. The van der Waals surface area contributed by atoms with E-state index in [1.54, 1.807) is 13.8 Å². The molecule has 0 spiro atoms. The van der Waals surface area contributed by atoms with Gasteiger partial charge in [0.15, 0.2) is 0 Å². The monoisotopic (exact) mass is 204 g/mol. The fourth-order valence-corrected chi connectivity index (χ4v) is 0.759. The Balaban J connectivity index is 4.05. The molecule has 6 heteroatoms. The molecule has 0 aromatic heterocycles. The molecule has 0 aliphatic heterocycles. The molecule has 0 aliphatic carbocycles. The highest BCUT2D eigenvalue weighted by Crippen LogP contribution is 1.90. The van der Waals surface area contributed by atoms with Crippen LogP contribution in [0.3, 0.4) is 0 Å². The number of aliphatic hydroxyl groups excluding tert-OH is 1. The van der Waals surface area contributed by atoms with E-state index in [1.807, 2.05) is 0 Å². The van der Waals surface area contributed by atoms with Crippen molar-refractivity contribution >= 4 is 12.0 Å². The van der Waals surface area contributed by atoms with Crippen molar-refractivity contribution in [1.82, 2.24) is 10.6 Å². The quantitative estimate of drug-likeness (QED) is 0.561. The Bertz CT molecular complexity index is 206. The van der Waals surface area contributed by atoms with Crippen LogP contribution in [0, 0.1) is 0 Å². The lowest BCUT2D eigenvalue weighted by atomic mass is 10.3. The standard InChI is InChI=1S/C8H16N2O4/c1-5(2)14-8(13)10-6(4-11)7(12)9-3/h5-6,11H,4H2,1-3H3,(H,9,12)(H,10,13). The smallest absolute Gasteiger partial charge is 0.408 e. The Labute approximate surface area is 82.6 Å². The number of alkyl carbamates (subject to hydrolysis) is 1. The highest BCUT2D eigenvalue weighted by atomic mass is 16.6. The summed E-state index contributed by atoms with van der Waals surface area (Å²) in [6, 6.07) is -0.966. The molecule has 0 saturated heterocycles. The lowest BCUT2D eigenvalue weighted by Crippen LogP contribution is -2.48. The van der Waals surface area contributed by atoms with Gasteiger partial charge in [0.2, 0.25) is 5.91 Å². The SMILES string of the molecule is CNC(=O)C(CO)NC(=O)OC(C)C. The number of amides is 2. The van der Waals surface area contributed by atoms with Gasteiger partial charge in [0.05, 0.1) is 12.7 Å². The van der Waals surface area contributed by atoms with Gasteiger partial charge in [-0.3, -0.25) is 4.79 Å². The first kappa shape index (κ1) is 12.7. The summed E-state index contributed by atoms with van der Waals surface area (Å²) in [6.45, 7) is 2.91. The first-order chi connectivity index (χ1) is 6.51. The summed E-state index contributed by atoms with van der Waals surface area (Å²) in [4.78, 5) is 22.0. The summed E-state index contributed by atoms with van der Waals surface area (Å²) in [5.41, 5.74) is 0. The molecular formula is C8H16N2O4. The summed E-state index contributed by atoms with van der Waals surface area (Å²) in [5.74, 6) is -0.465. The second-order valence-electron chi connectivity index (χ2n) is 2.95. The number of ether oxygens (including phenoxy) is 1. The van der Waals surface area contributed by atoms with E-state index in [4.69, 9.17) is 9.84 Å². The molecule has 6 nitrogen and oxygen atoms in total. The molecule has 1 unspecified atom stereocenters. The molecule has 0 aromatic rings. The Morgan fingerprint density at radius 2 is 2.00 bits per heavy atom. The van der Waals surface area contributed by atoms with Gasteiger partial charge in [-0.15, -0.1) is 0 Å². The third-order valence-electron chi connectivity index (χ3n) is 1.38. The van der Waals surface area contributed by atoms with Gasteiger partial charge in [-0.1, -0.05) is 0 Å². The Hall–Kier alpha value is -1.30. The number of hydrogen-bond acceptors (Lipinski definition) is 4. The third kappa shape index (κ3) is 4.66. The van der Waals surface area contributed by atoms with Crippen molar-refractivity contribution in [3.05, 3.63) is 0 Å². The molecule has 0 rings (SSSR count). The van der Waals surface area contributed by atoms with Gasteiger partial charge in [-0.25, -0.2) is 4.79 Å². The van der Waals surface area contributed by atoms with Crippen LogP contribution in [0.15, 0.2) is 0 Å². The predicted molar refractivity (Wildman–Crippen MR) is 49.7 cm³/mol. The van der Waals surface area contributed by atoms with Crippen LogP contribution < -0.4 is 10.6 Å². The zero-order valence-corrected chi connectivity index (χ0v) is 8.53. The minimum Gasteiger partial charge on any atom is -0.447 e. The van der Waals surface area contributed by atoms with E-state index in [0.29, 0.717) is 0 Å². The van der Waals surface area contributed by atoms with Crippen LogP contribution in [-0.2, 0) is 9.53 Å². The van der Waals surface area contributed by atoms with Crippen LogP contribution >= 0.6 is 0 Å². The van der Waals surface area contributed by atoms with Gasteiger partial charge >= 0.3 is 6.09 Å². The van der Waals surface area contributed by atoms with Gasteiger partial charge in [0.25, 0.3) is 0 Å². The third-order valence-corrected chi connectivity index (χ3v) is 1.38. The summed E-state index contributed by atoms with van der Waals surface area (Å²) in [6.07, 6.45) is -0.985. The lowest BCUT2D eigenvalue weighted by molar-refractivity contribution is -0.123. The fourth-order valence-electron chi connectivity index (χ4n) is 0.759. The van der Waals surface area contributed by atoms with Crippen molar-refractivity contribution in [3.8, 4) is 0 Å². The second kappa shape index (κ2) is 6.20. The Morgan fingerprint density at radius 3 is 2.36 bits per heavy atom. The molecule has 82 valence electrons. The summed E-state index contributed by atoms with van der Waals surface area (Å²) in [5, 5.41) is 13.3. The Morgan fingerprint density at radius 1 is 1.43 bits per heavy atom. The zero-order chi connectivity index (χ0) is 11.1. The first-order valence-corrected chi connectivity index (χ1v) is 4.30. The molecule has 0 bridgehead atoms. The topological polar surface area (TPSA) is 87.7 Å². The molecule has 0 radical (unpaired) electrons. The van der Waals surface area contributed by atoms with Crippen molar-refractivity contribution < 1.29 is 19.4 Å². The van der Waals surface area contributed by atoms with E-state index in [0.717, 1.165) is 0 Å². The molecule has 0 heterocycles. The van der Waals surface area contributed by atoms with Gasteiger partial charge in [0.1, 0.15) is 6.04 Å². The van der Waals surface area contributed by atoms with E-state index >= 15 is 0 Å². The largest absolute Gasteiger partial charge is 0.447 e. The minimum atomic E-state index is -0.966. The molecule has 0 aromatic carbocycles. The minimum absolute atomic E-state index is 0.265. The van der Waals surface area contributed by atoms with Crippen LogP contribution in [-0.4, -0.2) is 42.9 Å². The number of carbonyl (C=O) groups is 2. The molecular weight excluding hydrogens is 188 g/mol. The van der Waals surface area contributed by atoms with Crippen molar-refractivity contribution in [2.75, 3.05) is 13.7 Å². The molecule has 0 saturated carbocycles. The molecule has 3 N–H and O–H groups in total. The molecule has 14 heavy (non-hydrogen) atoms. The van der Waals surface area contributed by atoms with Crippen LogP contribution in [0.2, 0.25) is 0 Å². The lowest BCUT2D eigenvalue weighted by Gasteiger charge is -2.15. The zero-order valence-electron chi connectivity index (χ0n) is 8.53. The van der Waals surface area contributed by atoms with Crippen LogP contribution in [0.4, 0.5) is 4.79 Å². The van der Waals surface area contributed by atoms with Gasteiger partial charge < -0.3 is 20.5 Å². The molecule has 1 atom stereocenters.